The minimum atomic E-state index is 0.764. The van der Waals surface area contributed by atoms with Crippen LogP contribution in [0, 0.1) is 29.6 Å². The molecule has 4 rings (SSSR count). The van der Waals surface area contributed by atoms with Gasteiger partial charge in [-0.3, -0.25) is 0 Å². The largest absolute Gasteiger partial charge is 0.330 e. The van der Waals surface area contributed by atoms with Gasteiger partial charge in [-0.1, -0.05) is 6.42 Å². The van der Waals surface area contributed by atoms with Gasteiger partial charge in [0.15, 0.2) is 0 Å². The van der Waals surface area contributed by atoms with Gasteiger partial charge in [0.2, 0.25) is 0 Å². The lowest BCUT2D eigenvalue weighted by molar-refractivity contribution is 0.363. The molecule has 3 N–H and O–H groups in total. The Hall–Kier alpha value is -0.0800. The maximum atomic E-state index is 5.86. The van der Waals surface area contributed by atoms with Gasteiger partial charge in [0.25, 0.3) is 0 Å². The van der Waals surface area contributed by atoms with Crippen molar-refractivity contribution in [2.45, 2.75) is 50.6 Å². The molecule has 0 heterocycles. The van der Waals surface area contributed by atoms with Crippen LogP contribution in [0.1, 0.15) is 38.5 Å². The van der Waals surface area contributed by atoms with Crippen molar-refractivity contribution in [1.82, 2.24) is 5.32 Å². The standard InChI is InChI=1S/C14H24N2/c15-7-10-2-1-3-11(10)16-14-12-8-4-5-9(6-8)13(12)14/h8-14,16H,1-7,15H2. The Balaban J connectivity index is 1.40. The summed E-state index contributed by atoms with van der Waals surface area (Å²) >= 11 is 0. The van der Waals surface area contributed by atoms with E-state index in [0.29, 0.717) is 0 Å². The summed E-state index contributed by atoms with van der Waals surface area (Å²) in [6.07, 6.45) is 8.78. The molecule has 4 saturated carbocycles. The zero-order valence-corrected chi connectivity index (χ0v) is 10.1. The Morgan fingerprint density at radius 1 is 1.00 bits per heavy atom. The van der Waals surface area contributed by atoms with Gasteiger partial charge >= 0.3 is 0 Å². The minimum absolute atomic E-state index is 0.764. The van der Waals surface area contributed by atoms with E-state index in [1.54, 1.807) is 6.42 Å². The van der Waals surface area contributed by atoms with Gasteiger partial charge in [0.05, 0.1) is 0 Å². The highest BCUT2D eigenvalue weighted by molar-refractivity contribution is 5.17. The van der Waals surface area contributed by atoms with E-state index in [-0.39, 0.29) is 0 Å². The molecular formula is C14H24N2. The van der Waals surface area contributed by atoms with Gasteiger partial charge in [0, 0.05) is 12.1 Å². The van der Waals surface area contributed by atoms with E-state index in [9.17, 15) is 0 Å². The van der Waals surface area contributed by atoms with Crippen molar-refractivity contribution in [3.8, 4) is 0 Å². The minimum Gasteiger partial charge on any atom is -0.330 e. The summed E-state index contributed by atoms with van der Waals surface area (Å²) in [5.74, 6) is 5.14. The average Bonchev–Trinajstić information content (AvgIpc) is 2.74. The van der Waals surface area contributed by atoms with Crippen LogP contribution < -0.4 is 11.1 Å². The van der Waals surface area contributed by atoms with E-state index in [2.05, 4.69) is 5.32 Å². The van der Waals surface area contributed by atoms with Crippen molar-refractivity contribution in [2.75, 3.05) is 6.54 Å². The number of nitrogens with two attached hydrogens (primary N) is 1. The molecular weight excluding hydrogens is 196 g/mol. The maximum Gasteiger partial charge on any atom is 0.0138 e. The fourth-order valence-corrected chi connectivity index (χ4v) is 5.33. The SMILES string of the molecule is NCC1CCCC1NC1C2C3CCC(C3)C12. The Kier molecular flexibility index (Phi) is 2.14. The highest BCUT2D eigenvalue weighted by Crippen LogP contribution is 2.65. The Morgan fingerprint density at radius 2 is 1.75 bits per heavy atom. The molecule has 0 aromatic heterocycles. The Labute approximate surface area is 98.3 Å². The van der Waals surface area contributed by atoms with Crippen LogP contribution in [0.25, 0.3) is 0 Å². The molecule has 4 fully saturated rings. The van der Waals surface area contributed by atoms with E-state index >= 15 is 0 Å². The van der Waals surface area contributed by atoms with Crippen molar-refractivity contribution < 1.29 is 0 Å². The van der Waals surface area contributed by atoms with Crippen molar-refractivity contribution in [3.05, 3.63) is 0 Å². The van der Waals surface area contributed by atoms with E-state index in [1.807, 2.05) is 0 Å². The summed E-state index contributed by atoms with van der Waals surface area (Å²) in [6, 6.07) is 1.67. The highest BCUT2D eigenvalue weighted by Gasteiger charge is 2.65. The molecule has 0 radical (unpaired) electrons. The van der Waals surface area contributed by atoms with Gasteiger partial charge in [0.1, 0.15) is 0 Å². The summed E-state index contributed by atoms with van der Waals surface area (Å²) in [6.45, 7) is 0.895. The second-order valence-corrected chi connectivity index (χ2v) is 6.71. The van der Waals surface area contributed by atoms with Crippen molar-refractivity contribution >= 4 is 0 Å². The third kappa shape index (κ3) is 1.26. The summed E-state index contributed by atoms with van der Waals surface area (Å²) in [5, 5.41) is 3.98. The summed E-state index contributed by atoms with van der Waals surface area (Å²) < 4.78 is 0. The van der Waals surface area contributed by atoms with Crippen LogP contribution in [0.4, 0.5) is 0 Å². The quantitative estimate of drug-likeness (QED) is 0.760. The van der Waals surface area contributed by atoms with Crippen LogP contribution in [0.5, 0.6) is 0 Å². The van der Waals surface area contributed by atoms with E-state index in [1.165, 1.54) is 32.1 Å². The van der Waals surface area contributed by atoms with Crippen molar-refractivity contribution in [1.29, 1.82) is 0 Å². The van der Waals surface area contributed by atoms with Crippen LogP contribution in [0.3, 0.4) is 0 Å². The molecule has 0 aromatic rings. The molecule has 4 aliphatic carbocycles. The number of hydrogen-bond donors (Lipinski definition) is 2. The first-order chi connectivity index (χ1) is 7.88. The molecule has 6 unspecified atom stereocenters. The number of rotatable bonds is 3. The van der Waals surface area contributed by atoms with E-state index in [4.69, 9.17) is 5.73 Å². The van der Waals surface area contributed by atoms with Crippen molar-refractivity contribution in [3.63, 3.8) is 0 Å². The summed E-state index contributed by atoms with van der Waals surface area (Å²) in [4.78, 5) is 0. The number of hydrogen-bond acceptors (Lipinski definition) is 2. The monoisotopic (exact) mass is 220 g/mol. The zero-order chi connectivity index (χ0) is 10.7. The van der Waals surface area contributed by atoms with Crippen LogP contribution in [0.15, 0.2) is 0 Å². The smallest absolute Gasteiger partial charge is 0.0138 e. The molecule has 0 aliphatic heterocycles. The second kappa shape index (κ2) is 3.46. The van der Waals surface area contributed by atoms with Crippen molar-refractivity contribution in [2.24, 2.45) is 35.3 Å². The molecule has 4 aliphatic rings. The lowest BCUT2D eigenvalue weighted by Crippen LogP contribution is -2.39. The normalized spacial score (nSPS) is 57.9. The number of nitrogens with one attached hydrogen (secondary N) is 1. The van der Waals surface area contributed by atoms with Gasteiger partial charge in [-0.15, -0.1) is 0 Å². The zero-order valence-electron chi connectivity index (χ0n) is 10.1. The average molecular weight is 220 g/mol. The first-order valence-corrected chi connectivity index (χ1v) is 7.34. The predicted octanol–water partition coefficient (Wildman–Crippen LogP) is 1.75. The molecule has 90 valence electrons. The molecule has 6 atom stereocenters. The van der Waals surface area contributed by atoms with Crippen LogP contribution in [-0.4, -0.2) is 18.6 Å². The fourth-order valence-electron chi connectivity index (χ4n) is 5.33. The second-order valence-electron chi connectivity index (χ2n) is 6.71. The van der Waals surface area contributed by atoms with Crippen LogP contribution in [-0.2, 0) is 0 Å². The Bertz CT molecular complexity index is 274. The molecule has 0 amide bonds. The number of fused-ring (bicyclic) bond motifs is 5. The first kappa shape index (κ1) is 9.90. The maximum absolute atomic E-state index is 5.86. The van der Waals surface area contributed by atoms with Crippen LogP contribution >= 0.6 is 0 Å². The fraction of sp³-hybridized carbons (Fsp3) is 1.00. The molecule has 2 heteroatoms. The molecule has 0 aromatic carbocycles. The lowest BCUT2D eigenvalue weighted by atomic mass is 10.0. The molecule has 0 spiro atoms. The molecule has 2 nitrogen and oxygen atoms in total. The predicted molar refractivity (Wildman–Crippen MR) is 64.9 cm³/mol. The first-order valence-electron chi connectivity index (χ1n) is 7.34. The Morgan fingerprint density at radius 3 is 2.44 bits per heavy atom. The van der Waals surface area contributed by atoms with E-state index in [0.717, 1.165) is 48.2 Å². The highest BCUT2D eigenvalue weighted by atomic mass is 15.1. The summed E-state index contributed by atoms with van der Waals surface area (Å²) in [7, 11) is 0. The van der Waals surface area contributed by atoms with Gasteiger partial charge in [-0.05, 0) is 68.2 Å². The van der Waals surface area contributed by atoms with Gasteiger partial charge < -0.3 is 11.1 Å². The third-order valence-corrected chi connectivity index (χ3v) is 6.10. The van der Waals surface area contributed by atoms with Crippen LogP contribution in [0.2, 0.25) is 0 Å². The third-order valence-electron chi connectivity index (χ3n) is 6.10. The molecule has 0 saturated heterocycles. The van der Waals surface area contributed by atoms with E-state index < -0.39 is 0 Å². The lowest BCUT2D eigenvalue weighted by Gasteiger charge is -2.21. The van der Waals surface area contributed by atoms with Gasteiger partial charge in [-0.2, -0.15) is 0 Å². The topological polar surface area (TPSA) is 38.0 Å². The summed E-state index contributed by atoms with van der Waals surface area (Å²) in [5.41, 5.74) is 5.86. The molecule has 2 bridgehead atoms. The van der Waals surface area contributed by atoms with Gasteiger partial charge in [-0.25, -0.2) is 0 Å². The molecule has 16 heavy (non-hydrogen) atoms.